The van der Waals surface area contributed by atoms with Gasteiger partial charge in [0.2, 0.25) is 0 Å². The molecule has 1 aromatic heterocycles. The van der Waals surface area contributed by atoms with Gasteiger partial charge in [0.1, 0.15) is 5.69 Å². The number of hydrogen-bond donors (Lipinski definition) is 2. The quantitative estimate of drug-likeness (QED) is 0.813. The second-order valence-electron chi connectivity index (χ2n) is 5.38. The van der Waals surface area contributed by atoms with Crippen molar-refractivity contribution >= 4 is 11.6 Å². The summed E-state index contributed by atoms with van der Waals surface area (Å²) in [4.78, 5) is 12.1. The average molecular weight is 249 g/mol. The van der Waals surface area contributed by atoms with Crippen molar-refractivity contribution in [3.05, 3.63) is 18.0 Å². The van der Waals surface area contributed by atoms with Crippen LogP contribution >= 0.6 is 0 Å². The van der Waals surface area contributed by atoms with E-state index in [9.17, 15) is 4.79 Å². The fraction of sp³-hybridized carbons (Fsp3) is 0.643. The molecule has 0 aliphatic heterocycles. The predicted octanol–water partition coefficient (Wildman–Crippen LogP) is 2.40. The predicted molar refractivity (Wildman–Crippen MR) is 73.4 cm³/mol. The molecule has 4 nitrogen and oxygen atoms in total. The summed E-state index contributed by atoms with van der Waals surface area (Å²) in [5.41, 5.74) is 7.44. The molecular formula is C14H23N3O. The zero-order valence-electron chi connectivity index (χ0n) is 11.3. The minimum atomic E-state index is -0.00377. The molecule has 1 heterocycles. The maximum atomic E-state index is 12.1. The van der Waals surface area contributed by atoms with Gasteiger partial charge in [-0.1, -0.05) is 13.3 Å². The molecule has 3 N–H and O–H groups in total. The van der Waals surface area contributed by atoms with Gasteiger partial charge in [-0.2, -0.15) is 0 Å². The SMILES string of the molecule is CCCC1(CNC(=O)c2cc(N)cn2CC)CC1. The van der Waals surface area contributed by atoms with Gasteiger partial charge in [0.05, 0.1) is 5.69 Å². The molecule has 100 valence electrons. The number of aryl methyl sites for hydroxylation is 1. The Bertz CT molecular complexity index is 432. The van der Waals surface area contributed by atoms with Gasteiger partial charge in [-0.25, -0.2) is 0 Å². The second kappa shape index (κ2) is 5.04. The third-order valence-electron chi connectivity index (χ3n) is 3.85. The molecule has 1 fully saturated rings. The minimum absolute atomic E-state index is 0.00377. The van der Waals surface area contributed by atoms with E-state index in [2.05, 4.69) is 12.2 Å². The summed E-state index contributed by atoms with van der Waals surface area (Å²) in [6.45, 7) is 5.77. The number of nitrogens with one attached hydrogen (secondary N) is 1. The summed E-state index contributed by atoms with van der Waals surface area (Å²) in [5.74, 6) is -0.00377. The molecule has 0 radical (unpaired) electrons. The molecular weight excluding hydrogens is 226 g/mol. The van der Waals surface area contributed by atoms with Crippen molar-refractivity contribution in [1.29, 1.82) is 0 Å². The molecule has 0 saturated heterocycles. The van der Waals surface area contributed by atoms with E-state index in [1.165, 1.54) is 25.7 Å². The molecule has 4 heteroatoms. The number of nitrogens with two attached hydrogens (primary N) is 1. The Balaban J connectivity index is 1.95. The third kappa shape index (κ3) is 2.68. The molecule has 1 aliphatic rings. The van der Waals surface area contributed by atoms with Gasteiger partial charge >= 0.3 is 0 Å². The van der Waals surface area contributed by atoms with Crippen molar-refractivity contribution in [3.63, 3.8) is 0 Å². The number of anilines is 1. The van der Waals surface area contributed by atoms with Gasteiger partial charge in [-0.15, -0.1) is 0 Å². The molecule has 0 unspecified atom stereocenters. The van der Waals surface area contributed by atoms with E-state index >= 15 is 0 Å². The smallest absolute Gasteiger partial charge is 0.268 e. The number of carbonyl (C=O) groups is 1. The van der Waals surface area contributed by atoms with Gasteiger partial charge < -0.3 is 15.6 Å². The average Bonchev–Trinajstić information content (AvgIpc) is 3.01. The minimum Gasteiger partial charge on any atom is -0.397 e. The second-order valence-corrected chi connectivity index (χ2v) is 5.38. The fourth-order valence-electron chi connectivity index (χ4n) is 2.57. The Hall–Kier alpha value is -1.45. The third-order valence-corrected chi connectivity index (χ3v) is 3.85. The zero-order valence-corrected chi connectivity index (χ0v) is 11.3. The van der Waals surface area contributed by atoms with Crippen molar-refractivity contribution in [1.82, 2.24) is 9.88 Å². The lowest BCUT2D eigenvalue weighted by Gasteiger charge is -2.15. The lowest BCUT2D eigenvalue weighted by molar-refractivity contribution is 0.0934. The summed E-state index contributed by atoms with van der Waals surface area (Å²) in [6.07, 6.45) is 6.71. The van der Waals surface area contributed by atoms with E-state index in [0.717, 1.165) is 13.1 Å². The molecule has 1 aromatic rings. The Kier molecular flexibility index (Phi) is 3.64. The molecule has 0 bridgehead atoms. The van der Waals surface area contributed by atoms with Crippen molar-refractivity contribution in [2.24, 2.45) is 5.41 Å². The first-order valence-corrected chi connectivity index (χ1v) is 6.84. The van der Waals surface area contributed by atoms with Crippen molar-refractivity contribution in [3.8, 4) is 0 Å². The first-order chi connectivity index (χ1) is 8.60. The van der Waals surface area contributed by atoms with Crippen LogP contribution in [0.4, 0.5) is 5.69 Å². The highest BCUT2D eigenvalue weighted by Gasteiger charge is 2.41. The van der Waals surface area contributed by atoms with Crippen LogP contribution in [-0.2, 0) is 6.54 Å². The molecule has 0 atom stereocenters. The van der Waals surface area contributed by atoms with Crippen LogP contribution in [0.25, 0.3) is 0 Å². The Morgan fingerprint density at radius 1 is 1.50 bits per heavy atom. The maximum Gasteiger partial charge on any atom is 0.268 e. The number of aromatic nitrogens is 1. The Morgan fingerprint density at radius 2 is 2.22 bits per heavy atom. The van der Waals surface area contributed by atoms with Crippen LogP contribution in [0.1, 0.15) is 50.0 Å². The normalized spacial score (nSPS) is 16.6. The fourth-order valence-corrected chi connectivity index (χ4v) is 2.57. The number of rotatable bonds is 6. The van der Waals surface area contributed by atoms with Crippen molar-refractivity contribution < 1.29 is 4.79 Å². The zero-order chi connectivity index (χ0) is 13.2. The van der Waals surface area contributed by atoms with Crippen LogP contribution in [0, 0.1) is 5.41 Å². The number of nitrogens with zero attached hydrogens (tertiary/aromatic N) is 1. The van der Waals surface area contributed by atoms with Crippen LogP contribution in [0.5, 0.6) is 0 Å². The van der Waals surface area contributed by atoms with Gasteiger partial charge in [-0.3, -0.25) is 4.79 Å². The highest BCUT2D eigenvalue weighted by Crippen LogP contribution is 2.48. The lowest BCUT2D eigenvalue weighted by atomic mass is 10.0. The first kappa shape index (κ1) is 13.0. The first-order valence-electron chi connectivity index (χ1n) is 6.84. The van der Waals surface area contributed by atoms with E-state index in [-0.39, 0.29) is 5.91 Å². The van der Waals surface area contributed by atoms with Crippen LogP contribution in [0.3, 0.4) is 0 Å². The lowest BCUT2D eigenvalue weighted by Crippen LogP contribution is -2.31. The molecule has 1 saturated carbocycles. The summed E-state index contributed by atoms with van der Waals surface area (Å²) >= 11 is 0. The van der Waals surface area contributed by atoms with Gasteiger partial charge in [0.15, 0.2) is 0 Å². The Morgan fingerprint density at radius 3 is 2.78 bits per heavy atom. The van der Waals surface area contributed by atoms with E-state index in [4.69, 9.17) is 5.73 Å². The van der Waals surface area contributed by atoms with E-state index in [1.807, 2.05) is 17.7 Å². The topological polar surface area (TPSA) is 60.1 Å². The highest BCUT2D eigenvalue weighted by atomic mass is 16.1. The van der Waals surface area contributed by atoms with Crippen molar-refractivity contribution in [2.75, 3.05) is 12.3 Å². The summed E-state index contributed by atoms with van der Waals surface area (Å²) in [5, 5.41) is 3.06. The summed E-state index contributed by atoms with van der Waals surface area (Å²) in [7, 11) is 0. The van der Waals surface area contributed by atoms with Crippen LogP contribution < -0.4 is 11.1 Å². The van der Waals surface area contributed by atoms with Crippen molar-refractivity contribution in [2.45, 2.75) is 46.1 Å². The van der Waals surface area contributed by atoms with Gasteiger partial charge in [0.25, 0.3) is 5.91 Å². The Labute approximate surface area is 109 Å². The molecule has 0 spiro atoms. The van der Waals surface area contributed by atoms with Crippen LogP contribution in [0.2, 0.25) is 0 Å². The maximum absolute atomic E-state index is 12.1. The highest BCUT2D eigenvalue weighted by molar-refractivity contribution is 5.93. The van der Waals surface area contributed by atoms with Crippen LogP contribution in [-0.4, -0.2) is 17.0 Å². The van der Waals surface area contributed by atoms with E-state index < -0.39 is 0 Å². The van der Waals surface area contributed by atoms with Crippen LogP contribution in [0.15, 0.2) is 12.3 Å². The molecule has 18 heavy (non-hydrogen) atoms. The molecule has 1 amide bonds. The monoisotopic (exact) mass is 249 g/mol. The van der Waals surface area contributed by atoms with E-state index in [0.29, 0.717) is 16.8 Å². The molecule has 0 aromatic carbocycles. The number of carbonyl (C=O) groups excluding carboxylic acids is 1. The number of hydrogen-bond acceptors (Lipinski definition) is 2. The number of amides is 1. The largest absolute Gasteiger partial charge is 0.397 e. The summed E-state index contributed by atoms with van der Waals surface area (Å²) < 4.78 is 1.89. The van der Waals surface area contributed by atoms with Gasteiger partial charge in [-0.05, 0) is 37.7 Å². The molecule has 2 rings (SSSR count). The summed E-state index contributed by atoms with van der Waals surface area (Å²) in [6, 6.07) is 1.75. The molecule has 1 aliphatic carbocycles. The van der Waals surface area contributed by atoms with E-state index in [1.54, 1.807) is 6.07 Å². The number of nitrogen functional groups attached to an aromatic ring is 1. The van der Waals surface area contributed by atoms with Gasteiger partial charge in [0, 0.05) is 19.3 Å². The standard InChI is InChI=1S/C14H23N3O/c1-3-5-14(6-7-14)10-16-13(18)12-8-11(15)9-17(12)4-2/h8-9H,3-7,10,15H2,1-2H3,(H,16,18).